The van der Waals surface area contributed by atoms with Crippen LogP contribution < -0.4 is 95.7 Å². The number of carbonyl (C=O) groups is 12. The van der Waals surface area contributed by atoms with Gasteiger partial charge in [0.1, 0.15) is 0 Å². The van der Waals surface area contributed by atoms with Crippen LogP contribution in [0.15, 0.2) is 0 Å². The summed E-state index contributed by atoms with van der Waals surface area (Å²) in [7, 11) is 0. The zero-order valence-corrected chi connectivity index (χ0v) is 41.0. The van der Waals surface area contributed by atoms with Gasteiger partial charge in [-0.1, -0.05) is 0 Å². The third-order valence-corrected chi connectivity index (χ3v) is 0.500. The Morgan fingerprint density at radius 3 is 0.219 bits per heavy atom. The molecule has 0 atom stereocenters. The first-order chi connectivity index (χ1) is 26.5. The fourth-order valence-corrected chi connectivity index (χ4v) is 0. The maximum atomic E-state index is 8.89. The minimum absolute atomic E-state index is 0. The largest absolute Gasteiger partial charge is 3.00 e. The second-order valence-electron chi connectivity index (χ2n) is 7.63. The normalized spacial score (nSPS) is 6.09. The van der Waals surface area contributed by atoms with Crippen molar-refractivity contribution < 1.29 is 186 Å². The van der Waals surface area contributed by atoms with Crippen LogP contribution in [0.25, 0.3) is 0 Å². The van der Waals surface area contributed by atoms with Crippen LogP contribution in [0.4, 0.5) is 0 Å². The number of hydrogen-bond acceptors (Lipinski definition) is 30. The molecule has 0 rings (SSSR count). The molecule has 12 N–H and O–H groups in total. The number of carboxylic acids is 12. The molecule has 0 saturated heterocycles. The Balaban J connectivity index is -0.0000000199. The summed E-state index contributed by atoms with van der Waals surface area (Å²) in [5.41, 5.74) is 29.4. The number of aliphatic carboxylic acids is 12. The van der Waals surface area contributed by atoms with Gasteiger partial charge in [-0.25, -0.2) is 0 Å². The van der Waals surface area contributed by atoms with Crippen LogP contribution in [0.1, 0.15) is 83.1 Å². The van der Waals surface area contributed by atoms with Crippen LogP contribution in [0, 0.1) is 0 Å². The number of carbonyl (C=O) groups excluding carboxylic acids is 12. The fraction of sp³-hybridized carbons (Fsp3) is 0.600. The van der Waals surface area contributed by atoms with Gasteiger partial charge in [0.25, 0.3) is 0 Å². The molecule has 0 radical (unpaired) electrons. The Morgan fingerprint density at radius 1 is 0.203 bits per heavy atom. The van der Waals surface area contributed by atoms with Crippen LogP contribution >= 0.6 is 0 Å². The topological polar surface area (TPSA) is 638 Å². The Morgan fingerprint density at radius 2 is 0.219 bits per heavy atom. The average Bonchev–Trinajstić information content (AvgIpc) is 2.94. The van der Waals surface area contributed by atoms with Gasteiger partial charge in [-0.15, -0.1) is 0 Å². The standard InChI is InChI=1S/3C2H8N2.12C2H4O2.4Co/c3*3-1-2-4;12*1-2(3)4;;;;/h3*1-4H2;12*1H3,(H,3,4);;;;/q;;;;;;;;;;;;;;;4*+3/p-12. The summed E-state index contributed by atoms with van der Waals surface area (Å²) in [6, 6.07) is 0. The van der Waals surface area contributed by atoms with Gasteiger partial charge in [0.15, 0.2) is 0 Å². The van der Waals surface area contributed by atoms with Gasteiger partial charge in [0, 0.05) is 111 Å². The second-order valence-corrected chi connectivity index (χ2v) is 7.63. The van der Waals surface area contributed by atoms with Crippen molar-refractivity contribution in [1.29, 1.82) is 0 Å². The van der Waals surface area contributed by atoms with Crippen molar-refractivity contribution in [3.05, 3.63) is 0 Å². The molecule has 0 unspecified atom stereocenters. The minimum atomic E-state index is -1.08. The van der Waals surface area contributed by atoms with E-state index < -0.39 is 71.6 Å². The van der Waals surface area contributed by atoms with Gasteiger partial charge >= 0.3 is 67.1 Å². The number of rotatable bonds is 3. The molecule has 0 aliphatic rings. The summed E-state index contributed by atoms with van der Waals surface area (Å²) >= 11 is 0. The van der Waals surface area contributed by atoms with Crippen molar-refractivity contribution >= 4 is 71.6 Å². The Kier molecular flexibility index (Phi) is 267. The van der Waals surface area contributed by atoms with Gasteiger partial charge in [0.05, 0.1) is 0 Å². The third kappa shape index (κ3) is 73800. The summed E-state index contributed by atoms with van der Waals surface area (Å²) in [6.45, 7) is 15.2. The maximum absolute atomic E-state index is 8.89. The Labute approximate surface area is 412 Å². The zero-order valence-electron chi connectivity index (χ0n) is 36.8. The van der Waals surface area contributed by atoms with Gasteiger partial charge < -0.3 is 153 Å². The van der Waals surface area contributed by atoms with Gasteiger partial charge in [-0.2, -0.15) is 0 Å². The summed E-state index contributed by atoms with van der Waals surface area (Å²) in [4.78, 5) is 107. The molecule has 64 heavy (non-hydrogen) atoms. The first kappa shape index (κ1) is 124. The molecular formula is C30H60Co4N6O24. The molecule has 0 bridgehead atoms. The molecular weight excluding hydrogens is 1060 g/mol. The van der Waals surface area contributed by atoms with Crippen molar-refractivity contribution in [2.24, 2.45) is 34.4 Å². The number of carboxylic acid groups (broad SMARTS) is 12. The maximum Gasteiger partial charge on any atom is 3.00 e. The SMILES string of the molecule is CC(=O)[O-].CC(=O)[O-].CC(=O)[O-].CC(=O)[O-].CC(=O)[O-].CC(=O)[O-].CC(=O)[O-].CC(=O)[O-].CC(=O)[O-].CC(=O)[O-].CC(=O)[O-].CC(=O)[O-].NCCN.NCCN.NCCN.[Co+3].[Co+3].[Co+3].[Co+3]. The third-order valence-electron chi connectivity index (χ3n) is 0.500. The van der Waals surface area contributed by atoms with E-state index in [4.69, 9.17) is 153 Å². The van der Waals surface area contributed by atoms with Gasteiger partial charge in [0.2, 0.25) is 0 Å². The molecule has 390 valence electrons. The number of hydrogen-bond donors (Lipinski definition) is 6. The summed E-state index contributed by atoms with van der Waals surface area (Å²) in [5, 5.41) is 107. The molecule has 0 saturated carbocycles. The minimum Gasteiger partial charge on any atom is -0.550 e. The molecule has 0 aliphatic carbocycles. The first-order valence-electron chi connectivity index (χ1n) is 14.8. The molecule has 0 aliphatic heterocycles. The van der Waals surface area contributed by atoms with Gasteiger partial charge in [-0.3, -0.25) is 0 Å². The summed E-state index contributed by atoms with van der Waals surface area (Å²) in [6.07, 6.45) is 0. The van der Waals surface area contributed by atoms with Crippen LogP contribution in [-0.4, -0.2) is 111 Å². The van der Waals surface area contributed by atoms with E-state index in [-0.39, 0.29) is 67.1 Å². The summed E-state index contributed by atoms with van der Waals surface area (Å²) < 4.78 is 0. The van der Waals surface area contributed by atoms with Crippen LogP contribution in [-0.2, 0) is 125 Å². The fourth-order valence-electron chi connectivity index (χ4n) is 0. The Hall–Kier alpha value is -4.57. The molecule has 0 spiro atoms. The van der Waals surface area contributed by atoms with Crippen molar-refractivity contribution in [3.63, 3.8) is 0 Å². The molecule has 0 aromatic rings. The van der Waals surface area contributed by atoms with E-state index in [1.54, 1.807) is 0 Å². The van der Waals surface area contributed by atoms with E-state index in [9.17, 15) is 0 Å². The van der Waals surface area contributed by atoms with Crippen molar-refractivity contribution in [3.8, 4) is 0 Å². The van der Waals surface area contributed by atoms with Crippen molar-refractivity contribution in [2.75, 3.05) is 39.3 Å². The molecule has 0 fully saturated rings. The Bertz CT molecular complexity index is 714. The number of nitrogens with two attached hydrogens (primary N) is 6. The average molecular weight is 1120 g/mol. The quantitative estimate of drug-likeness (QED) is 0.153. The summed E-state index contributed by atoms with van der Waals surface area (Å²) in [5.74, 6) is -13.0. The van der Waals surface area contributed by atoms with Crippen molar-refractivity contribution in [2.45, 2.75) is 83.1 Å². The van der Waals surface area contributed by atoms with Gasteiger partial charge in [-0.05, 0) is 83.1 Å². The van der Waals surface area contributed by atoms with Crippen molar-refractivity contribution in [1.82, 2.24) is 0 Å². The molecule has 0 aromatic heterocycles. The second kappa shape index (κ2) is 138. The van der Waals surface area contributed by atoms with E-state index in [1.165, 1.54) is 0 Å². The van der Waals surface area contributed by atoms with E-state index in [1.807, 2.05) is 0 Å². The smallest absolute Gasteiger partial charge is 0.550 e. The van der Waals surface area contributed by atoms with Crippen LogP contribution in [0.3, 0.4) is 0 Å². The molecule has 30 nitrogen and oxygen atoms in total. The predicted molar refractivity (Wildman–Crippen MR) is 182 cm³/mol. The van der Waals surface area contributed by atoms with E-state index >= 15 is 0 Å². The molecule has 34 heteroatoms. The van der Waals surface area contributed by atoms with E-state index in [0.29, 0.717) is 39.3 Å². The van der Waals surface area contributed by atoms with E-state index in [2.05, 4.69) is 0 Å². The zero-order chi connectivity index (χ0) is 53.2. The molecule has 0 heterocycles. The molecule has 0 amide bonds. The van der Waals surface area contributed by atoms with Crippen LogP contribution in [0.5, 0.6) is 0 Å². The molecule has 0 aromatic carbocycles. The predicted octanol–water partition coefficient (Wildman–Crippen LogP) is -18.2. The monoisotopic (exact) mass is 1120 g/mol. The van der Waals surface area contributed by atoms with Crippen LogP contribution in [0.2, 0.25) is 0 Å². The van der Waals surface area contributed by atoms with E-state index in [0.717, 1.165) is 83.1 Å². The first-order valence-corrected chi connectivity index (χ1v) is 14.8.